The molecule has 1 heterocycles. The maximum atomic E-state index is 12.0. The number of piperidine rings is 1. The quantitative estimate of drug-likeness (QED) is 0.760. The number of alkyl halides is 3. The van der Waals surface area contributed by atoms with Gasteiger partial charge in [-0.3, -0.25) is 0 Å². The summed E-state index contributed by atoms with van der Waals surface area (Å²) in [7, 11) is -3.23. The Morgan fingerprint density at radius 3 is 2.28 bits per heavy atom. The van der Waals surface area contributed by atoms with Crippen molar-refractivity contribution in [2.75, 3.05) is 25.9 Å². The van der Waals surface area contributed by atoms with Crippen molar-refractivity contribution in [2.45, 2.75) is 31.2 Å². The van der Waals surface area contributed by atoms with Crippen LogP contribution in [0.1, 0.15) is 12.8 Å². The molecule has 1 unspecified atom stereocenters. The molecule has 0 amide bonds. The van der Waals surface area contributed by atoms with Crippen LogP contribution in [-0.2, 0) is 10.0 Å². The summed E-state index contributed by atoms with van der Waals surface area (Å²) in [6.45, 7) is 0.0181. The van der Waals surface area contributed by atoms with Crippen LogP contribution in [0.25, 0.3) is 0 Å². The predicted octanol–water partition coefficient (Wildman–Crippen LogP) is -0.0768. The average Bonchev–Trinajstić information content (AvgIpc) is 2.24. The zero-order valence-corrected chi connectivity index (χ0v) is 10.8. The average molecular weight is 290 g/mol. The highest BCUT2D eigenvalue weighted by molar-refractivity contribution is 7.88. The molecule has 9 heteroatoms. The molecule has 0 aromatic rings. The van der Waals surface area contributed by atoms with E-state index < -0.39 is 28.8 Å². The Bertz CT molecular complexity index is 364. The second kappa shape index (κ2) is 5.72. The van der Waals surface area contributed by atoms with E-state index in [4.69, 9.17) is 5.11 Å². The molecule has 0 aliphatic carbocycles. The van der Waals surface area contributed by atoms with E-state index >= 15 is 0 Å². The fourth-order valence-electron chi connectivity index (χ4n) is 1.79. The van der Waals surface area contributed by atoms with Crippen molar-refractivity contribution in [3.05, 3.63) is 0 Å². The number of halogens is 3. The topological polar surface area (TPSA) is 69.6 Å². The third-order valence-electron chi connectivity index (χ3n) is 2.90. The van der Waals surface area contributed by atoms with Gasteiger partial charge in [-0.15, -0.1) is 0 Å². The summed E-state index contributed by atoms with van der Waals surface area (Å²) in [5.41, 5.74) is 0. The summed E-state index contributed by atoms with van der Waals surface area (Å²) in [5.74, 6) is 0. The fraction of sp³-hybridized carbons (Fsp3) is 1.00. The number of aliphatic hydroxyl groups is 1. The van der Waals surface area contributed by atoms with Gasteiger partial charge >= 0.3 is 6.18 Å². The van der Waals surface area contributed by atoms with Gasteiger partial charge in [-0.2, -0.15) is 13.2 Å². The van der Waals surface area contributed by atoms with Crippen LogP contribution in [0.4, 0.5) is 13.2 Å². The lowest BCUT2D eigenvalue weighted by Gasteiger charge is -2.31. The molecule has 1 aliphatic heterocycles. The van der Waals surface area contributed by atoms with Gasteiger partial charge in [-0.25, -0.2) is 12.7 Å². The lowest BCUT2D eigenvalue weighted by molar-refractivity contribution is -0.202. The second-order valence-electron chi connectivity index (χ2n) is 4.40. The molecule has 1 rings (SSSR count). The lowest BCUT2D eigenvalue weighted by Crippen LogP contribution is -2.48. The van der Waals surface area contributed by atoms with Crippen LogP contribution in [0.2, 0.25) is 0 Å². The molecular weight excluding hydrogens is 273 g/mol. The van der Waals surface area contributed by atoms with Crippen LogP contribution in [-0.4, -0.2) is 62.0 Å². The Labute approximate surface area is 104 Å². The van der Waals surface area contributed by atoms with E-state index in [1.807, 2.05) is 0 Å². The van der Waals surface area contributed by atoms with Crippen molar-refractivity contribution in [2.24, 2.45) is 0 Å². The van der Waals surface area contributed by atoms with Gasteiger partial charge in [-0.05, 0) is 12.8 Å². The highest BCUT2D eigenvalue weighted by Gasteiger charge is 2.38. The van der Waals surface area contributed by atoms with Gasteiger partial charge in [0, 0.05) is 25.7 Å². The Kier molecular flexibility index (Phi) is 4.98. The minimum Gasteiger partial charge on any atom is -0.382 e. The number of nitrogens with zero attached hydrogens (tertiary/aromatic N) is 1. The highest BCUT2D eigenvalue weighted by Crippen LogP contribution is 2.20. The molecule has 0 bridgehead atoms. The van der Waals surface area contributed by atoms with Crippen molar-refractivity contribution in [3.8, 4) is 0 Å². The Morgan fingerprint density at radius 2 is 1.89 bits per heavy atom. The summed E-state index contributed by atoms with van der Waals surface area (Å²) in [5, 5.41) is 11.4. The number of sulfonamides is 1. The number of hydrogen-bond donors (Lipinski definition) is 2. The summed E-state index contributed by atoms with van der Waals surface area (Å²) in [6.07, 6.45) is -5.02. The van der Waals surface area contributed by atoms with Crippen LogP contribution < -0.4 is 5.32 Å². The molecular formula is C9H17F3N2O3S. The van der Waals surface area contributed by atoms with Gasteiger partial charge in [0.2, 0.25) is 10.0 Å². The number of hydrogen-bond acceptors (Lipinski definition) is 4. The molecule has 1 aliphatic rings. The van der Waals surface area contributed by atoms with Crippen LogP contribution in [0, 0.1) is 0 Å². The van der Waals surface area contributed by atoms with Crippen LogP contribution >= 0.6 is 0 Å². The first kappa shape index (κ1) is 15.7. The molecule has 1 fully saturated rings. The third-order valence-corrected chi connectivity index (χ3v) is 4.20. The smallest absolute Gasteiger partial charge is 0.382 e. The minimum absolute atomic E-state index is 0.194. The lowest BCUT2D eigenvalue weighted by atomic mass is 10.1. The maximum Gasteiger partial charge on any atom is 0.415 e. The SMILES string of the molecule is CS(=O)(=O)N1CCC(NCC(O)C(F)(F)F)CC1. The Hall–Kier alpha value is -0.380. The van der Waals surface area contributed by atoms with Crippen molar-refractivity contribution in [1.82, 2.24) is 9.62 Å². The molecule has 18 heavy (non-hydrogen) atoms. The molecule has 2 N–H and O–H groups in total. The van der Waals surface area contributed by atoms with E-state index in [0.717, 1.165) is 6.26 Å². The van der Waals surface area contributed by atoms with E-state index in [-0.39, 0.29) is 6.04 Å². The van der Waals surface area contributed by atoms with Gasteiger partial charge in [0.25, 0.3) is 0 Å². The molecule has 0 saturated carbocycles. The molecule has 1 atom stereocenters. The van der Waals surface area contributed by atoms with Crippen LogP contribution in [0.3, 0.4) is 0 Å². The maximum absolute atomic E-state index is 12.0. The largest absolute Gasteiger partial charge is 0.415 e. The molecule has 5 nitrogen and oxygen atoms in total. The van der Waals surface area contributed by atoms with Crippen molar-refractivity contribution < 1.29 is 26.7 Å². The first-order valence-corrected chi connectivity index (χ1v) is 7.39. The minimum atomic E-state index is -4.62. The summed E-state index contributed by atoms with van der Waals surface area (Å²) < 4.78 is 59.8. The predicted molar refractivity (Wildman–Crippen MR) is 59.5 cm³/mol. The summed E-state index contributed by atoms with van der Waals surface area (Å²) in [6, 6.07) is -0.194. The fourth-order valence-corrected chi connectivity index (χ4v) is 2.66. The van der Waals surface area contributed by atoms with Gasteiger partial charge in [0.05, 0.1) is 6.26 Å². The number of nitrogens with one attached hydrogen (secondary N) is 1. The second-order valence-corrected chi connectivity index (χ2v) is 6.38. The molecule has 0 aromatic carbocycles. The monoisotopic (exact) mass is 290 g/mol. The Balaban J connectivity index is 2.33. The summed E-state index contributed by atoms with van der Waals surface area (Å²) in [4.78, 5) is 0. The van der Waals surface area contributed by atoms with E-state index in [1.165, 1.54) is 4.31 Å². The molecule has 0 spiro atoms. The zero-order valence-electron chi connectivity index (χ0n) is 9.94. The van der Waals surface area contributed by atoms with Crippen molar-refractivity contribution in [1.29, 1.82) is 0 Å². The zero-order chi connectivity index (χ0) is 14.0. The first-order chi connectivity index (χ1) is 8.10. The van der Waals surface area contributed by atoms with E-state index in [2.05, 4.69) is 5.32 Å². The molecule has 0 aromatic heterocycles. The number of rotatable bonds is 4. The van der Waals surface area contributed by atoms with Crippen molar-refractivity contribution in [3.63, 3.8) is 0 Å². The first-order valence-electron chi connectivity index (χ1n) is 5.54. The van der Waals surface area contributed by atoms with E-state index in [9.17, 15) is 21.6 Å². The Morgan fingerprint density at radius 1 is 1.39 bits per heavy atom. The molecule has 1 saturated heterocycles. The highest BCUT2D eigenvalue weighted by atomic mass is 32.2. The molecule has 108 valence electrons. The van der Waals surface area contributed by atoms with E-state index in [1.54, 1.807) is 0 Å². The normalized spacial score (nSPS) is 22.1. The van der Waals surface area contributed by atoms with Crippen LogP contribution in [0.15, 0.2) is 0 Å². The van der Waals surface area contributed by atoms with Gasteiger partial charge < -0.3 is 10.4 Å². The number of aliphatic hydroxyl groups excluding tert-OH is 1. The molecule has 0 radical (unpaired) electrons. The van der Waals surface area contributed by atoms with E-state index in [0.29, 0.717) is 25.9 Å². The summed E-state index contributed by atoms with van der Waals surface area (Å²) >= 11 is 0. The van der Waals surface area contributed by atoms with Gasteiger partial charge in [-0.1, -0.05) is 0 Å². The van der Waals surface area contributed by atoms with Gasteiger partial charge in [0.15, 0.2) is 6.10 Å². The third kappa shape index (κ3) is 4.71. The van der Waals surface area contributed by atoms with Crippen molar-refractivity contribution >= 4 is 10.0 Å². The van der Waals surface area contributed by atoms with Gasteiger partial charge in [0.1, 0.15) is 0 Å². The standard InChI is InChI=1S/C9H17F3N2O3S/c1-18(16,17)14-4-2-7(3-5-14)13-6-8(15)9(10,11)12/h7-8,13,15H,2-6H2,1H3. The van der Waals surface area contributed by atoms with Crippen LogP contribution in [0.5, 0.6) is 0 Å².